The second kappa shape index (κ2) is 7.56. The highest BCUT2D eigenvalue weighted by molar-refractivity contribution is 6.03. The summed E-state index contributed by atoms with van der Waals surface area (Å²) < 4.78 is 11.2. The zero-order valence-corrected chi connectivity index (χ0v) is 15.9. The summed E-state index contributed by atoms with van der Waals surface area (Å²) in [5.41, 5.74) is 0.929. The number of fused-ring (bicyclic) bond motifs is 1. The molecular weight excluding hydrogens is 346 g/mol. The lowest BCUT2D eigenvalue weighted by atomic mass is 9.76. The zero-order chi connectivity index (χ0) is 19.6. The lowest BCUT2D eigenvalue weighted by molar-refractivity contribution is 0.0816. The van der Waals surface area contributed by atoms with Gasteiger partial charge in [0.25, 0.3) is 5.91 Å². The van der Waals surface area contributed by atoms with E-state index < -0.39 is 12.0 Å². The molecule has 6 heteroatoms. The number of carbonyl (C=O) groups excluding carboxylic acids is 2. The predicted octanol–water partition coefficient (Wildman–Crippen LogP) is 2.91. The van der Waals surface area contributed by atoms with Crippen LogP contribution >= 0.6 is 0 Å². The summed E-state index contributed by atoms with van der Waals surface area (Å²) in [6, 6.07) is 9.14. The minimum atomic E-state index is -0.861. The molecule has 0 radical (unpaired) electrons. The first kappa shape index (κ1) is 19.2. The third-order valence-corrected chi connectivity index (χ3v) is 4.67. The van der Waals surface area contributed by atoms with E-state index in [0.717, 1.165) is 0 Å². The van der Waals surface area contributed by atoms with Gasteiger partial charge in [-0.25, -0.2) is 0 Å². The van der Waals surface area contributed by atoms with Gasteiger partial charge in [0.15, 0.2) is 11.5 Å². The van der Waals surface area contributed by atoms with Crippen molar-refractivity contribution in [1.29, 1.82) is 0 Å². The average Bonchev–Trinajstić information content (AvgIpc) is 2.94. The molecule has 0 aliphatic heterocycles. The summed E-state index contributed by atoms with van der Waals surface area (Å²) in [4.78, 5) is 24.9. The molecule has 27 heavy (non-hydrogen) atoms. The van der Waals surface area contributed by atoms with E-state index in [-0.39, 0.29) is 30.1 Å². The van der Waals surface area contributed by atoms with Crippen molar-refractivity contribution in [3.05, 3.63) is 53.0 Å². The Morgan fingerprint density at radius 3 is 2.70 bits per heavy atom. The number of aliphatic hydroxyl groups excluding tert-OH is 1. The minimum Gasteiger partial charge on any atom is -0.491 e. The summed E-state index contributed by atoms with van der Waals surface area (Å²) >= 11 is 0. The molecular formula is C21H25NO5. The van der Waals surface area contributed by atoms with Gasteiger partial charge in [-0.3, -0.25) is 9.59 Å². The van der Waals surface area contributed by atoms with Crippen molar-refractivity contribution >= 4 is 11.7 Å². The second-order valence-electron chi connectivity index (χ2n) is 7.78. The van der Waals surface area contributed by atoms with Crippen LogP contribution in [0.1, 0.15) is 52.5 Å². The summed E-state index contributed by atoms with van der Waals surface area (Å²) in [7, 11) is 0. The molecule has 1 aromatic heterocycles. The first-order valence-electron chi connectivity index (χ1n) is 9.06. The van der Waals surface area contributed by atoms with Crippen LogP contribution in [0, 0.1) is 12.3 Å². The largest absolute Gasteiger partial charge is 0.491 e. The van der Waals surface area contributed by atoms with E-state index in [9.17, 15) is 14.7 Å². The third kappa shape index (κ3) is 4.39. The number of para-hydroxylation sites is 1. The van der Waals surface area contributed by atoms with E-state index in [2.05, 4.69) is 5.32 Å². The molecule has 2 N–H and O–H groups in total. The van der Waals surface area contributed by atoms with Crippen molar-refractivity contribution < 1.29 is 23.8 Å². The van der Waals surface area contributed by atoms with Gasteiger partial charge in [0.2, 0.25) is 0 Å². The van der Waals surface area contributed by atoms with Crippen LogP contribution in [0.15, 0.2) is 34.7 Å². The number of rotatable bonds is 6. The predicted molar refractivity (Wildman–Crippen MR) is 100 cm³/mol. The maximum absolute atomic E-state index is 12.5. The number of nitrogens with one attached hydrogen (secondary N) is 1. The number of amides is 1. The highest BCUT2D eigenvalue weighted by Gasteiger charge is 2.37. The Kier molecular flexibility index (Phi) is 5.37. The quantitative estimate of drug-likeness (QED) is 0.815. The van der Waals surface area contributed by atoms with Gasteiger partial charge in [0.05, 0.1) is 5.56 Å². The monoisotopic (exact) mass is 371 g/mol. The van der Waals surface area contributed by atoms with Gasteiger partial charge in [-0.05, 0) is 24.5 Å². The third-order valence-electron chi connectivity index (χ3n) is 4.67. The van der Waals surface area contributed by atoms with E-state index in [0.29, 0.717) is 35.5 Å². The summed E-state index contributed by atoms with van der Waals surface area (Å²) in [6.07, 6.45) is 0.201. The van der Waals surface area contributed by atoms with Crippen LogP contribution < -0.4 is 10.1 Å². The van der Waals surface area contributed by atoms with Gasteiger partial charge in [0.1, 0.15) is 24.2 Å². The Labute approximate surface area is 158 Å². The van der Waals surface area contributed by atoms with E-state index >= 15 is 0 Å². The molecule has 1 aliphatic rings. The summed E-state index contributed by atoms with van der Waals surface area (Å²) in [5.74, 6) is 0.941. The van der Waals surface area contributed by atoms with Crippen molar-refractivity contribution in [3.63, 3.8) is 0 Å². The molecule has 3 rings (SSSR count). The molecule has 1 atom stereocenters. The fourth-order valence-corrected chi connectivity index (χ4v) is 3.36. The van der Waals surface area contributed by atoms with Crippen molar-refractivity contribution in [2.45, 2.75) is 39.7 Å². The number of hydrogen-bond acceptors (Lipinski definition) is 5. The standard InChI is InChI=1S/C21H25NO5/c1-13-18-16(24)9-21(2,3)10-17(18)27-19(13)20(25)22-11-14(23)12-26-15-7-5-4-6-8-15/h4-8,14,23H,9-12H2,1-3H3,(H,22,25)/t14-/m0/s1. The molecule has 0 bridgehead atoms. The average molecular weight is 371 g/mol. The van der Waals surface area contributed by atoms with Crippen LogP contribution in [-0.4, -0.2) is 36.1 Å². The lowest BCUT2D eigenvalue weighted by Gasteiger charge is -2.27. The molecule has 6 nitrogen and oxygen atoms in total. The summed E-state index contributed by atoms with van der Waals surface area (Å²) in [5, 5.41) is 12.7. The maximum Gasteiger partial charge on any atom is 0.287 e. The number of aliphatic hydroxyl groups is 1. The van der Waals surface area contributed by atoms with Crippen LogP contribution in [0.2, 0.25) is 0 Å². The molecule has 144 valence electrons. The molecule has 1 aromatic carbocycles. The van der Waals surface area contributed by atoms with Gasteiger partial charge in [-0.1, -0.05) is 32.0 Å². The SMILES string of the molecule is Cc1c(C(=O)NC[C@H](O)COc2ccccc2)oc2c1C(=O)CC(C)(C)C2. The molecule has 0 spiro atoms. The van der Waals surface area contributed by atoms with E-state index in [1.807, 2.05) is 32.0 Å². The van der Waals surface area contributed by atoms with Crippen molar-refractivity contribution in [1.82, 2.24) is 5.32 Å². The molecule has 2 aromatic rings. The lowest BCUT2D eigenvalue weighted by Crippen LogP contribution is -2.35. The Balaban J connectivity index is 1.59. The number of hydrogen-bond donors (Lipinski definition) is 2. The van der Waals surface area contributed by atoms with Crippen molar-refractivity contribution in [2.75, 3.05) is 13.2 Å². The Hall–Kier alpha value is -2.60. The fraction of sp³-hybridized carbons (Fsp3) is 0.429. The van der Waals surface area contributed by atoms with Crippen LogP contribution in [-0.2, 0) is 6.42 Å². The Morgan fingerprint density at radius 1 is 1.30 bits per heavy atom. The molecule has 0 unspecified atom stereocenters. The molecule has 1 amide bonds. The number of furan rings is 1. The molecule has 0 saturated heterocycles. The maximum atomic E-state index is 12.5. The van der Waals surface area contributed by atoms with Crippen molar-refractivity contribution in [2.24, 2.45) is 5.41 Å². The van der Waals surface area contributed by atoms with Gasteiger partial charge >= 0.3 is 0 Å². The summed E-state index contributed by atoms with van der Waals surface area (Å²) in [6.45, 7) is 5.83. The Morgan fingerprint density at radius 2 is 2.00 bits per heavy atom. The number of benzene rings is 1. The molecule has 1 aliphatic carbocycles. The number of ketones is 1. The first-order valence-corrected chi connectivity index (χ1v) is 9.06. The Bertz CT molecular complexity index is 838. The van der Waals surface area contributed by atoms with Gasteiger partial charge in [-0.2, -0.15) is 0 Å². The van der Waals surface area contributed by atoms with Crippen LogP contribution in [0.3, 0.4) is 0 Å². The topological polar surface area (TPSA) is 88.8 Å². The van der Waals surface area contributed by atoms with Crippen LogP contribution in [0.25, 0.3) is 0 Å². The highest BCUT2D eigenvalue weighted by Crippen LogP contribution is 2.38. The number of carbonyl (C=O) groups is 2. The van der Waals surface area contributed by atoms with Gasteiger partial charge in [0, 0.05) is 24.9 Å². The highest BCUT2D eigenvalue weighted by atomic mass is 16.5. The van der Waals surface area contributed by atoms with E-state index in [1.54, 1.807) is 19.1 Å². The fourth-order valence-electron chi connectivity index (χ4n) is 3.36. The number of ether oxygens (including phenoxy) is 1. The normalized spacial score (nSPS) is 16.5. The van der Waals surface area contributed by atoms with E-state index in [4.69, 9.17) is 9.15 Å². The van der Waals surface area contributed by atoms with Crippen molar-refractivity contribution in [3.8, 4) is 5.75 Å². The van der Waals surface area contributed by atoms with Gasteiger partial charge in [-0.15, -0.1) is 0 Å². The van der Waals surface area contributed by atoms with Gasteiger partial charge < -0.3 is 19.6 Å². The minimum absolute atomic E-state index is 0.0119. The van der Waals surface area contributed by atoms with Crippen LogP contribution in [0.4, 0.5) is 0 Å². The molecule has 0 fully saturated rings. The zero-order valence-electron chi connectivity index (χ0n) is 15.9. The smallest absolute Gasteiger partial charge is 0.287 e. The second-order valence-corrected chi connectivity index (χ2v) is 7.78. The van der Waals surface area contributed by atoms with E-state index in [1.165, 1.54) is 0 Å². The molecule has 0 saturated carbocycles. The first-order chi connectivity index (χ1) is 12.8. The molecule has 1 heterocycles. The van der Waals surface area contributed by atoms with Crippen LogP contribution in [0.5, 0.6) is 5.75 Å². The number of Topliss-reactive ketones (excluding diaryl/α,β-unsaturated/α-hetero) is 1.